The molecular weight excluding hydrogens is 306 g/mol. The topological polar surface area (TPSA) is 36.5 Å². The molecule has 1 aromatic rings. The predicted octanol–water partition coefficient (Wildman–Crippen LogP) is 3.39. The van der Waals surface area contributed by atoms with E-state index in [1.54, 1.807) is 0 Å². The average molecular weight is 334 g/mol. The van der Waals surface area contributed by atoms with Gasteiger partial charge in [-0.25, -0.2) is 0 Å². The van der Waals surface area contributed by atoms with Gasteiger partial charge in [0, 0.05) is 37.6 Å². The van der Waals surface area contributed by atoms with E-state index in [0.29, 0.717) is 11.2 Å². The van der Waals surface area contributed by atoms with Gasteiger partial charge in [-0.15, -0.1) is 0 Å². The molecule has 2 fully saturated rings. The Hall–Kier alpha value is -1.33. The van der Waals surface area contributed by atoms with Crippen LogP contribution in [0.4, 0.5) is 11.4 Å². The summed E-state index contributed by atoms with van der Waals surface area (Å²) in [4.78, 5) is 2.47. The number of ether oxygens (including phenoxy) is 1. The molecule has 2 saturated heterocycles. The summed E-state index contributed by atoms with van der Waals surface area (Å²) in [7, 11) is 0. The molecule has 0 spiro atoms. The Bertz CT molecular complexity index is 506. The average Bonchev–Trinajstić information content (AvgIpc) is 3.08. The van der Waals surface area contributed by atoms with Gasteiger partial charge in [-0.05, 0) is 68.1 Å². The number of hydrogen-bond donors (Lipinski definition) is 2. The molecular formula is C18H27N3OS. The summed E-state index contributed by atoms with van der Waals surface area (Å²) >= 11 is 5.35. The van der Waals surface area contributed by atoms with Gasteiger partial charge < -0.3 is 20.3 Å². The molecule has 0 radical (unpaired) electrons. The molecule has 0 amide bonds. The zero-order chi connectivity index (χ0) is 16.1. The normalized spacial score (nSPS) is 22.1. The third kappa shape index (κ3) is 4.82. The lowest BCUT2D eigenvalue weighted by Gasteiger charge is -2.32. The maximum Gasteiger partial charge on any atom is 0.170 e. The van der Waals surface area contributed by atoms with E-state index < -0.39 is 0 Å². The van der Waals surface area contributed by atoms with E-state index in [0.717, 1.165) is 50.7 Å². The van der Waals surface area contributed by atoms with Gasteiger partial charge in [0.05, 0.1) is 6.10 Å². The summed E-state index contributed by atoms with van der Waals surface area (Å²) in [6, 6.07) is 8.57. The SMILES string of the molecule is CC1CCN(c2ccc(NC(=S)NC[C@H]3CCCO3)cc2)CC1. The van der Waals surface area contributed by atoms with Crippen molar-refractivity contribution in [1.29, 1.82) is 0 Å². The van der Waals surface area contributed by atoms with Gasteiger partial charge in [-0.2, -0.15) is 0 Å². The van der Waals surface area contributed by atoms with Crippen molar-refractivity contribution in [3.05, 3.63) is 24.3 Å². The molecule has 2 aliphatic heterocycles. The van der Waals surface area contributed by atoms with Gasteiger partial charge in [0.15, 0.2) is 5.11 Å². The van der Waals surface area contributed by atoms with E-state index in [1.165, 1.54) is 18.5 Å². The van der Waals surface area contributed by atoms with Crippen molar-refractivity contribution < 1.29 is 4.74 Å². The van der Waals surface area contributed by atoms with Crippen LogP contribution in [0.5, 0.6) is 0 Å². The molecule has 0 aliphatic carbocycles. The van der Waals surface area contributed by atoms with Crippen LogP contribution in [0.3, 0.4) is 0 Å². The standard InChI is InChI=1S/C18H27N3OS/c1-14-8-10-21(11-9-14)16-6-4-15(5-7-16)20-18(23)19-13-17-3-2-12-22-17/h4-7,14,17H,2-3,8-13H2,1H3,(H2,19,20,23)/t17-/m1/s1. The Kier molecular flexibility index (Phi) is 5.73. The van der Waals surface area contributed by atoms with Crippen LogP contribution in [-0.4, -0.2) is 37.5 Å². The number of benzene rings is 1. The van der Waals surface area contributed by atoms with Gasteiger partial charge in [-0.3, -0.25) is 0 Å². The van der Waals surface area contributed by atoms with Gasteiger partial charge in [0.25, 0.3) is 0 Å². The highest BCUT2D eigenvalue weighted by Gasteiger charge is 2.16. The minimum Gasteiger partial charge on any atom is -0.376 e. The molecule has 3 rings (SSSR count). The third-order valence-electron chi connectivity index (χ3n) is 4.79. The lowest BCUT2D eigenvalue weighted by Crippen LogP contribution is -2.35. The van der Waals surface area contributed by atoms with Crippen molar-refractivity contribution in [2.24, 2.45) is 5.92 Å². The van der Waals surface area contributed by atoms with E-state index in [9.17, 15) is 0 Å². The van der Waals surface area contributed by atoms with E-state index in [1.807, 2.05) is 0 Å². The molecule has 2 heterocycles. The maximum atomic E-state index is 5.59. The fraction of sp³-hybridized carbons (Fsp3) is 0.611. The molecule has 0 bridgehead atoms. The fourth-order valence-corrected chi connectivity index (χ4v) is 3.41. The number of anilines is 2. The zero-order valence-corrected chi connectivity index (χ0v) is 14.7. The summed E-state index contributed by atoms with van der Waals surface area (Å²) in [6.07, 6.45) is 5.16. The summed E-state index contributed by atoms with van der Waals surface area (Å²) in [5.74, 6) is 0.861. The number of hydrogen-bond acceptors (Lipinski definition) is 3. The number of rotatable bonds is 4. The summed E-state index contributed by atoms with van der Waals surface area (Å²) in [5.41, 5.74) is 2.34. The van der Waals surface area contributed by atoms with Crippen molar-refractivity contribution >= 4 is 28.7 Å². The molecule has 0 saturated carbocycles. The second kappa shape index (κ2) is 7.97. The van der Waals surface area contributed by atoms with Crippen molar-refractivity contribution in [2.45, 2.75) is 38.7 Å². The van der Waals surface area contributed by atoms with Crippen molar-refractivity contribution in [2.75, 3.05) is 36.5 Å². The Balaban J connectivity index is 1.46. The first-order valence-corrected chi connectivity index (χ1v) is 9.13. The first kappa shape index (κ1) is 16.5. The minimum absolute atomic E-state index is 0.304. The summed E-state index contributed by atoms with van der Waals surface area (Å²) < 4.78 is 5.59. The van der Waals surface area contributed by atoms with Gasteiger partial charge in [0.1, 0.15) is 0 Å². The fourth-order valence-electron chi connectivity index (χ4n) is 3.21. The molecule has 0 unspecified atom stereocenters. The Morgan fingerprint density at radius 1 is 1.22 bits per heavy atom. The largest absolute Gasteiger partial charge is 0.376 e. The van der Waals surface area contributed by atoms with Crippen LogP contribution in [0.25, 0.3) is 0 Å². The second-order valence-corrected chi connectivity index (χ2v) is 7.09. The van der Waals surface area contributed by atoms with Crippen LogP contribution < -0.4 is 15.5 Å². The summed E-state index contributed by atoms with van der Waals surface area (Å²) in [5, 5.41) is 7.16. The minimum atomic E-state index is 0.304. The number of thiocarbonyl (C=S) groups is 1. The van der Waals surface area contributed by atoms with Crippen LogP contribution in [0.2, 0.25) is 0 Å². The Morgan fingerprint density at radius 3 is 2.61 bits per heavy atom. The first-order valence-electron chi connectivity index (χ1n) is 8.72. The molecule has 126 valence electrons. The number of nitrogens with one attached hydrogen (secondary N) is 2. The summed E-state index contributed by atoms with van der Waals surface area (Å²) in [6.45, 7) is 6.33. The highest BCUT2D eigenvalue weighted by atomic mass is 32.1. The first-order chi connectivity index (χ1) is 11.2. The second-order valence-electron chi connectivity index (χ2n) is 6.69. The van der Waals surface area contributed by atoms with E-state index in [2.05, 4.69) is 46.7 Å². The van der Waals surface area contributed by atoms with Crippen molar-refractivity contribution in [3.63, 3.8) is 0 Å². The van der Waals surface area contributed by atoms with E-state index in [-0.39, 0.29) is 0 Å². The van der Waals surface area contributed by atoms with E-state index >= 15 is 0 Å². The van der Waals surface area contributed by atoms with Gasteiger partial charge >= 0.3 is 0 Å². The van der Waals surface area contributed by atoms with Crippen LogP contribution >= 0.6 is 12.2 Å². The van der Waals surface area contributed by atoms with Crippen LogP contribution in [-0.2, 0) is 4.74 Å². The molecule has 1 atom stereocenters. The zero-order valence-electron chi connectivity index (χ0n) is 13.9. The predicted molar refractivity (Wildman–Crippen MR) is 100 cm³/mol. The third-order valence-corrected chi connectivity index (χ3v) is 5.03. The monoisotopic (exact) mass is 333 g/mol. The molecule has 2 aliphatic rings. The van der Waals surface area contributed by atoms with Crippen LogP contribution in [0.1, 0.15) is 32.6 Å². The lowest BCUT2D eigenvalue weighted by molar-refractivity contribution is 0.114. The van der Waals surface area contributed by atoms with E-state index in [4.69, 9.17) is 17.0 Å². The molecule has 23 heavy (non-hydrogen) atoms. The molecule has 4 nitrogen and oxygen atoms in total. The number of nitrogens with zero attached hydrogens (tertiary/aromatic N) is 1. The number of piperidine rings is 1. The molecule has 5 heteroatoms. The quantitative estimate of drug-likeness (QED) is 0.826. The van der Waals surface area contributed by atoms with Crippen molar-refractivity contribution in [1.82, 2.24) is 5.32 Å². The van der Waals surface area contributed by atoms with Crippen LogP contribution in [0, 0.1) is 5.92 Å². The highest BCUT2D eigenvalue weighted by Crippen LogP contribution is 2.24. The smallest absolute Gasteiger partial charge is 0.170 e. The molecule has 0 aromatic heterocycles. The maximum absolute atomic E-state index is 5.59. The van der Waals surface area contributed by atoms with Crippen molar-refractivity contribution in [3.8, 4) is 0 Å². The lowest BCUT2D eigenvalue weighted by atomic mass is 9.99. The Labute approximate surface area is 144 Å². The van der Waals surface area contributed by atoms with Crippen LogP contribution in [0.15, 0.2) is 24.3 Å². The van der Waals surface area contributed by atoms with Gasteiger partial charge in [-0.1, -0.05) is 6.92 Å². The highest BCUT2D eigenvalue weighted by molar-refractivity contribution is 7.80. The van der Waals surface area contributed by atoms with Gasteiger partial charge in [0.2, 0.25) is 0 Å². The molecule has 1 aromatic carbocycles. The Morgan fingerprint density at radius 2 is 1.96 bits per heavy atom. The molecule has 2 N–H and O–H groups in total.